The van der Waals surface area contributed by atoms with Crippen molar-refractivity contribution < 1.29 is 4.74 Å². The highest BCUT2D eigenvalue weighted by atomic mass is 16.5. The predicted molar refractivity (Wildman–Crippen MR) is 62.6 cm³/mol. The second kappa shape index (κ2) is 3.97. The first kappa shape index (κ1) is 10.7. The van der Waals surface area contributed by atoms with Gasteiger partial charge in [0.2, 0.25) is 0 Å². The molecule has 0 radical (unpaired) electrons. The maximum atomic E-state index is 5.95. The second-order valence-electron chi connectivity index (χ2n) is 5.24. The lowest BCUT2D eigenvalue weighted by atomic mass is 9.61. The Kier molecular flexibility index (Phi) is 2.83. The minimum Gasteiger partial charge on any atom is -0.373 e. The third kappa shape index (κ3) is 2.07. The van der Waals surface area contributed by atoms with Crippen molar-refractivity contribution in [2.45, 2.75) is 39.9 Å². The summed E-state index contributed by atoms with van der Waals surface area (Å²) >= 11 is 0. The molecule has 1 saturated carbocycles. The summed E-state index contributed by atoms with van der Waals surface area (Å²) in [5.74, 6) is 0.790. The Balaban J connectivity index is 1.85. The lowest BCUT2D eigenvalue weighted by Gasteiger charge is -2.50. The summed E-state index contributed by atoms with van der Waals surface area (Å²) in [5.41, 5.74) is 1.63. The van der Waals surface area contributed by atoms with Gasteiger partial charge >= 0.3 is 0 Å². The Morgan fingerprint density at radius 2 is 1.93 bits per heavy atom. The van der Waals surface area contributed by atoms with Gasteiger partial charge in [-0.2, -0.15) is 0 Å². The zero-order valence-electron chi connectivity index (χ0n) is 9.86. The van der Waals surface area contributed by atoms with Gasteiger partial charge in [-0.05, 0) is 23.3 Å². The van der Waals surface area contributed by atoms with E-state index in [2.05, 4.69) is 45.0 Å². The molecule has 2 unspecified atom stereocenters. The molecule has 1 fully saturated rings. The Hall–Kier alpha value is -0.820. The van der Waals surface area contributed by atoms with Crippen molar-refractivity contribution in [2.24, 2.45) is 11.3 Å². The lowest BCUT2D eigenvalue weighted by molar-refractivity contribution is -0.139. The maximum absolute atomic E-state index is 5.95. The van der Waals surface area contributed by atoms with Crippen molar-refractivity contribution in [3.8, 4) is 0 Å². The summed E-state index contributed by atoms with van der Waals surface area (Å²) in [6, 6.07) is 10.4. The van der Waals surface area contributed by atoms with E-state index in [1.807, 2.05) is 6.07 Å². The molecular weight excluding hydrogens is 184 g/mol. The van der Waals surface area contributed by atoms with Crippen molar-refractivity contribution in [2.75, 3.05) is 0 Å². The highest BCUT2D eigenvalue weighted by molar-refractivity contribution is 5.13. The number of rotatable bonds is 3. The number of hydrogen-bond acceptors (Lipinski definition) is 1. The predicted octanol–water partition coefficient (Wildman–Crippen LogP) is 3.64. The molecule has 0 aromatic heterocycles. The zero-order valence-corrected chi connectivity index (χ0v) is 9.86. The van der Waals surface area contributed by atoms with Crippen LogP contribution >= 0.6 is 0 Å². The molecule has 0 heterocycles. The molecule has 82 valence electrons. The molecular formula is C14H20O. The number of hydrogen-bond donors (Lipinski definition) is 0. The smallest absolute Gasteiger partial charge is 0.0720 e. The van der Waals surface area contributed by atoms with Gasteiger partial charge in [0.15, 0.2) is 0 Å². The topological polar surface area (TPSA) is 9.23 Å². The molecule has 0 aliphatic heterocycles. The van der Waals surface area contributed by atoms with Crippen molar-refractivity contribution >= 4 is 0 Å². The fourth-order valence-corrected chi connectivity index (χ4v) is 2.14. The summed E-state index contributed by atoms with van der Waals surface area (Å²) in [5, 5.41) is 0. The molecule has 15 heavy (non-hydrogen) atoms. The SMILES string of the molecule is CC1CC(OCc2ccccc2)C1(C)C. The summed E-state index contributed by atoms with van der Waals surface area (Å²) in [6.07, 6.45) is 1.65. The van der Waals surface area contributed by atoms with Gasteiger partial charge < -0.3 is 4.74 Å². The summed E-state index contributed by atoms with van der Waals surface area (Å²) in [6.45, 7) is 7.66. The maximum Gasteiger partial charge on any atom is 0.0720 e. The first-order valence-electron chi connectivity index (χ1n) is 5.76. The number of benzene rings is 1. The van der Waals surface area contributed by atoms with Gasteiger partial charge in [0.1, 0.15) is 0 Å². The highest BCUT2D eigenvalue weighted by Crippen LogP contribution is 2.47. The molecule has 0 saturated heterocycles. The van der Waals surface area contributed by atoms with Gasteiger partial charge in [0.05, 0.1) is 12.7 Å². The van der Waals surface area contributed by atoms with Crippen LogP contribution in [0.15, 0.2) is 30.3 Å². The number of ether oxygens (including phenoxy) is 1. The summed E-state index contributed by atoms with van der Waals surface area (Å²) < 4.78 is 5.95. The molecule has 0 bridgehead atoms. The van der Waals surface area contributed by atoms with Crippen LogP contribution in [0.25, 0.3) is 0 Å². The van der Waals surface area contributed by atoms with Crippen LogP contribution in [-0.4, -0.2) is 6.10 Å². The monoisotopic (exact) mass is 204 g/mol. The van der Waals surface area contributed by atoms with Crippen LogP contribution < -0.4 is 0 Å². The molecule has 1 aliphatic rings. The average molecular weight is 204 g/mol. The Morgan fingerprint density at radius 3 is 2.47 bits per heavy atom. The molecule has 1 aromatic rings. The van der Waals surface area contributed by atoms with Crippen LogP contribution in [0.4, 0.5) is 0 Å². The van der Waals surface area contributed by atoms with Gasteiger partial charge in [-0.25, -0.2) is 0 Å². The first-order valence-corrected chi connectivity index (χ1v) is 5.76. The van der Waals surface area contributed by atoms with Gasteiger partial charge in [-0.3, -0.25) is 0 Å². The summed E-state index contributed by atoms with van der Waals surface area (Å²) in [4.78, 5) is 0. The quantitative estimate of drug-likeness (QED) is 0.730. The van der Waals surface area contributed by atoms with E-state index in [0.717, 1.165) is 12.5 Å². The van der Waals surface area contributed by atoms with Crippen molar-refractivity contribution in [3.05, 3.63) is 35.9 Å². The van der Waals surface area contributed by atoms with Crippen LogP contribution in [0.1, 0.15) is 32.8 Å². The van der Waals surface area contributed by atoms with Gasteiger partial charge in [-0.1, -0.05) is 51.1 Å². The van der Waals surface area contributed by atoms with Crippen LogP contribution in [0.3, 0.4) is 0 Å². The fourth-order valence-electron chi connectivity index (χ4n) is 2.14. The van der Waals surface area contributed by atoms with Crippen molar-refractivity contribution in [1.82, 2.24) is 0 Å². The van der Waals surface area contributed by atoms with E-state index in [-0.39, 0.29) is 0 Å². The third-order valence-electron chi connectivity index (χ3n) is 3.96. The van der Waals surface area contributed by atoms with E-state index in [4.69, 9.17) is 4.74 Å². The van der Waals surface area contributed by atoms with Gasteiger partial charge in [-0.15, -0.1) is 0 Å². The molecule has 1 aliphatic carbocycles. The molecule has 1 heteroatoms. The van der Waals surface area contributed by atoms with Crippen molar-refractivity contribution in [3.63, 3.8) is 0 Å². The third-order valence-corrected chi connectivity index (χ3v) is 3.96. The van der Waals surface area contributed by atoms with E-state index in [1.165, 1.54) is 12.0 Å². The Bertz CT molecular complexity index is 315. The lowest BCUT2D eigenvalue weighted by Crippen LogP contribution is -2.49. The molecule has 2 atom stereocenters. The fraction of sp³-hybridized carbons (Fsp3) is 0.571. The zero-order chi connectivity index (χ0) is 10.9. The van der Waals surface area contributed by atoms with Crippen LogP contribution in [0.2, 0.25) is 0 Å². The molecule has 2 rings (SSSR count). The molecule has 0 N–H and O–H groups in total. The van der Waals surface area contributed by atoms with E-state index in [0.29, 0.717) is 11.5 Å². The van der Waals surface area contributed by atoms with E-state index < -0.39 is 0 Å². The van der Waals surface area contributed by atoms with Crippen LogP contribution in [-0.2, 0) is 11.3 Å². The first-order chi connectivity index (χ1) is 7.10. The highest BCUT2D eigenvalue weighted by Gasteiger charge is 2.45. The van der Waals surface area contributed by atoms with E-state index in [9.17, 15) is 0 Å². The Labute approximate surface area is 92.5 Å². The second-order valence-corrected chi connectivity index (χ2v) is 5.24. The van der Waals surface area contributed by atoms with Crippen LogP contribution in [0, 0.1) is 11.3 Å². The normalized spacial score (nSPS) is 28.5. The largest absolute Gasteiger partial charge is 0.373 e. The molecule has 0 spiro atoms. The minimum atomic E-state index is 0.356. The average Bonchev–Trinajstić information content (AvgIpc) is 2.25. The Morgan fingerprint density at radius 1 is 1.27 bits per heavy atom. The van der Waals surface area contributed by atoms with Gasteiger partial charge in [0, 0.05) is 0 Å². The molecule has 0 amide bonds. The standard InChI is InChI=1S/C14H20O/c1-11-9-13(14(11,2)3)15-10-12-7-5-4-6-8-12/h4-8,11,13H,9-10H2,1-3H3. The molecule has 1 nitrogen and oxygen atoms in total. The van der Waals surface area contributed by atoms with Gasteiger partial charge in [0.25, 0.3) is 0 Å². The van der Waals surface area contributed by atoms with Crippen LogP contribution in [0.5, 0.6) is 0 Å². The summed E-state index contributed by atoms with van der Waals surface area (Å²) in [7, 11) is 0. The van der Waals surface area contributed by atoms with E-state index >= 15 is 0 Å². The van der Waals surface area contributed by atoms with E-state index in [1.54, 1.807) is 0 Å². The minimum absolute atomic E-state index is 0.356. The van der Waals surface area contributed by atoms with Crippen molar-refractivity contribution in [1.29, 1.82) is 0 Å². The molecule has 1 aromatic carbocycles.